The molecule has 0 aromatic heterocycles. The van der Waals surface area contributed by atoms with Gasteiger partial charge in [-0.05, 0) is 61.7 Å². The lowest BCUT2D eigenvalue weighted by Gasteiger charge is -2.44. The number of benzene rings is 2. The molecule has 2 bridgehead atoms. The summed E-state index contributed by atoms with van der Waals surface area (Å²) in [6.07, 6.45) is 2.07. The molecule has 0 radical (unpaired) electrons. The number of carboxylic acid groups (broad SMARTS) is 1. The number of para-hydroxylation sites is 1. The number of carbonyl (C=O) groups is 2. The van der Waals surface area contributed by atoms with Crippen LogP contribution >= 0.6 is 0 Å². The maximum atomic E-state index is 13.1. The fraction of sp³-hybridized carbons (Fsp3) is 0.364. The van der Waals surface area contributed by atoms with Crippen molar-refractivity contribution < 1.29 is 19.4 Å². The van der Waals surface area contributed by atoms with Gasteiger partial charge in [0.05, 0.1) is 5.56 Å². The summed E-state index contributed by atoms with van der Waals surface area (Å²) < 4.78 is 5.93. The van der Waals surface area contributed by atoms with E-state index in [9.17, 15) is 9.59 Å². The minimum absolute atomic E-state index is 0.0756. The van der Waals surface area contributed by atoms with E-state index >= 15 is 0 Å². The number of rotatable bonds is 6. The quantitative estimate of drug-likeness (QED) is 0.750. The van der Waals surface area contributed by atoms with Gasteiger partial charge in [0.2, 0.25) is 0 Å². The Morgan fingerprint density at radius 1 is 1.04 bits per heavy atom. The number of nitrogens with one attached hydrogen (secondary N) is 1. The minimum Gasteiger partial charge on any atom is -0.478 e. The molecule has 2 atom stereocenters. The van der Waals surface area contributed by atoms with Crippen molar-refractivity contribution in [2.75, 3.05) is 25.0 Å². The smallest absolute Gasteiger partial charge is 0.335 e. The maximum absolute atomic E-state index is 13.1. The Bertz CT molecular complexity index is 829. The Morgan fingerprint density at radius 3 is 2.29 bits per heavy atom. The first kappa shape index (κ1) is 18.5. The van der Waals surface area contributed by atoms with E-state index in [0.717, 1.165) is 38.2 Å². The van der Waals surface area contributed by atoms with Gasteiger partial charge in [-0.1, -0.05) is 30.3 Å². The molecule has 3 saturated heterocycles. The summed E-state index contributed by atoms with van der Waals surface area (Å²) in [5.41, 5.74) is 1.67. The van der Waals surface area contributed by atoms with Gasteiger partial charge in [0.1, 0.15) is 6.10 Å². The van der Waals surface area contributed by atoms with Crippen LogP contribution in [0.2, 0.25) is 0 Å². The molecule has 0 amide bonds. The zero-order valence-corrected chi connectivity index (χ0v) is 15.6. The molecular formula is C22H24N2O4. The highest BCUT2D eigenvalue weighted by molar-refractivity contribution is 5.88. The number of piperidine rings is 3. The summed E-state index contributed by atoms with van der Waals surface area (Å²) >= 11 is 0. The number of carbonyl (C=O) groups excluding carboxylic acids is 1. The molecule has 2 N–H and O–H groups in total. The van der Waals surface area contributed by atoms with Crippen LogP contribution in [0.4, 0.5) is 5.69 Å². The standard InChI is InChI=1S/C22H24N2O4/c25-21(26)17-8-6-16(7-9-17)20(23-18-4-2-1-3-5-18)22(27)28-19-14-24-12-10-15(19)11-13-24/h1-9,15,19-20,23H,10-14H2,(H,25,26)/t19-,20?/m0/s1. The second kappa shape index (κ2) is 8.02. The van der Waals surface area contributed by atoms with Gasteiger partial charge in [-0.15, -0.1) is 0 Å². The van der Waals surface area contributed by atoms with E-state index in [1.807, 2.05) is 30.3 Å². The molecule has 2 aromatic carbocycles. The molecule has 0 spiro atoms. The number of fused-ring (bicyclic) bond motifs is 3. The normalized spacial score (nSPS) is 24.4. The highest BCUT2D eigenvalue weighted by Gasteiger charge is 2.37. The van der Waals surface area contributed by atoms with E-state index in [1.165, 1.54) is 12.1 Å². The molecule has 3 heterocycles. The molecule has 146 valence electrons. The van der Waals surface area contributed by atoms with Crippen molar-refractivity contribution >= 4 is 17.6 Å². The van der Waals surface area contributed by atoms with E-state index in [2.05, 4.69) is 10.2 Å². The zero-order valence-electron chi connectivity index (χ0n) is 15.6. The Kier molecular flexibility index (Phi) is 5.30. The van der Waals surface area contributed by atoms with Crippen LogP contribution < -0.4 is 5.32 Å². The zero-order chi connectivity index (χ0) is 19.5. The van der Waals surface area contributed by atoms with Crippen LogP contribution in [-0.2, 0) is 9.53 Å². The first-order chi connectivity index (χ1) is 13.6. The molecule has 1 unspecified atom stereocenters. The van der Waals surface area contributed by atoms with Crippen molar-refractivity contribution in [1.29, 1.82) is 0 Å². The van der Waals surface area contributed by atoms with Crippen LogP contribution in [0.15, 0.2) is 54.6 Å². The predicted octanol–water partition coefficient (Wildman–Crippen LogP) is 3.18. The fourth-order valence-electron chi connectivity index (χ4n) is 4.06. The molecule has 0 aliphatic carbocycles. The molecule has 0 saturated carbocycles. The van der Waals surface area contributed by atoms with Crippen molar-refractivity contribution in [2.45, 2.75) is 25.0 Å². The lowest BCUT2D eigenvalue weighted by molar-refractivity contribution is -0.159. The Morgan fingerprint density at radius 2 is 1.71 bits per heavy atom. The van der Waals surface area contributed by atoms with Gasteiger partial charge < -0.3 is 15.2 Å². The number of anilines is 1. The molecule has 3 aliphatic heterocycles. The maximum Gasteiger partial charge on any atom is 0.335 e. The molecule has 6 heteroatoms. The van der Waals surface area contributed by atoms with Gasteiger partial charge in [-0.2, -0.15) is 0 Å². The summed E-state index contributed by atoms with van der Waals surface area (Å²) in [6.45, 7) is 2.97. The van der Waals surface area contributed by atoms with Crippen LogP contribution in [0.1, 0.15) is 34.8 Å². The number of hydrogen-bond acceptors (Lipinski definition) is 5. The van der Waals surface area contributed by atoms with E-state index in [1.54, 1.807) is 12.1 Å². The molecule has 5 rings (SSSR count). The number of aromatic carboxylic acids is 1. The van der Waals surface area contributed by atoms with Crippen LogP contribution in [0.25, 0.3) is 0 Å². The topological polar surface area (TPSA) is 78.9 Å². The van der Waals surface area contributed by atoms with Gasteiger partial charge in [0.25, 0.3) is 0 Å². The third-order valence-corrected chi connectivity index (χ3v) is 5.68. The van der Waals surface area contributed by atoms with Gasteiger partial charge in [-0.3, -0.25) is 4.90 Å². The van der Waals surface area contributed by atoms with Crippen molar-refractivity contribution in [3.63, 3.8) is 0 Å². The predicted molar refractivity (Wildman–Crippen MR) is 105 cm³/mol. The van der Waals surface area contributed by atoms with Crippen molar-refractivity contribution in [3.8, 4) is 0 Å². The molecule has 28 heavy (non-hydrogen) atoms. The Hall–Kier alpha value is -2.86. The van der Waals surface area contributed by atoms with Gasteiger partial charge in [-0.25, -0.2) is 9.59 Å². The van der Waals surface area contributed by atoms with Crippen molar-refractivity contribution in [1.82, 2.24) is 4.90 Å². The highest BCUT2D eigenvalue weighted by Crippen LogP contribution is 2.31. The van der Waals surface area contributed by atoms with Gasteiger partial charge in [0, 0.05) is 12.2 Å². The third-order valence-electron chi connectivity index (χ3n) is 5.68. The Labute approximate surface area is 164 Å². The molecule has 3 aliphatic rings. The summed E-state index contributed by atoms with van der Waals surface area (Å²) in [7, 11) is 0. The summed E-state index contributed by atoms with van der Waals surface area (Å²) in [6, 6.07) is 15.1. The largest absolute Gasteiger partial charge is 0.478 e. The first-order valence-corrected chi connectivity index (χ1v) is 9.68. The summed E-state index contributed by atoms with van der Waals surface area (Å²) in [5.74, 6) is -0.889. The lowest BCUT2D eigenvalue weighted by Crippen LogP contribution is -2.52. The van der Waals surface area contributed by atoms with E-state index in [-0.39, 0.29) is 17.6 Å². The van der Waals surface area contributed by atoms with Gasteiger partial charge in [0.15, 0.2) is 6.04 Å². The molecule has 2 aromatic rings. The average molecular weight is 380 g/mol. The second-order valence-electron chi connectivity index (χ2n) is 7.48. The van der Waals surface area contributed by atoms with E-state index in [0.29, 0.717) is 11.5 Å². The summed E-state index contributed by atoms with van der Waals surface area (Å²) in [5, 5.41) is 12.4. The highest BCUT2D eigenvalue weighted by atomic mass is 16.5. The van der Waals surface area contributed by atoms with Crippen LogP contribution in [0.3, 0.4) is 0 Å². The fourth-order valence-corrected chi connectivity index (χ4v) is 4.06. The first-order valence-electron chi connectivity index (χ1n) is 9.68. The minimum atomic E-state index is -0.992. The third kappa shape index (κ3) is 4.02. The number of ether oxygens (including phenoxy) is 1. The van der Waals surface area contributed by atoms with Crippen LogP contribution in [0, 0.1) is 5.92 Å². The molecular weight excluding hydrogens is 356 g/mol. The lowest BCUT2D eigenvalue weighted by atomic mass is 9.86. The van der Waals surface area contributed by atoms with Crippen molar-refractivity contribution in [3.05, 3.63) is 65.7 Å². The Balaban J connectivity index is 1.55. The van der Waals surface area contributed by atoms with Gasteiger partial charge >= 0.3 is 11.9 Å². The summed E-state index contributed by atoms with van der Waals surface area (Å²) in [4.78, 5) is 26.6. The average Bonchev–Trinajstić information content (AvgIpc) is 2.73. The van der Waals surface area contributed by atoms with Crippen LogP contribution in [-0.4, -0.2) is 47.7 Å². The molecule has 6 nitrogen and oxygen atoms in total. The number of nitrogens with zero attached hydrogens (tertiary/aromatic N) is 1. The second-order valence-corrected chi connectivity index (χ2v) is 7.48. The monoisotopic (exact) mass is 380 g/mol. The van der Waals surface area contributed by atoms with E-state index < -0.39 is 12.0 Å². The van der Waals surface area contributed by atoms with Crippen LogP contribution in [0.5, 0.6) is 0 Å². The number of carboxylic acids is 1. The number of esters is 1. The SMILES string of the molecule is O=C(O)c1ccc(C(Nc2ccccc2)C(=O)O[C@H]2CN3CCC2CC3)cc1. The number of hydrogen-bond donors (Lipinski definition) is 2. The molecule has 3 fully saturated rings. The van der Waals surface area contributed by atoms with E-state index in [4.69, 9.17) is 9.84 Å². The van der Waals surface area contributed by atoms with Crippen molar-refractivity contribution in [2.24, 2.45) is 5.92 Å².